The van der Waals surface area contributed by atoms with Crippen LogP contribution in [0.5, 0.6) is 0 Å². The summed E-state index contributed by atoms with van der Waals surface area (Å²) < 4.78 is 0. The summed E-state index contributed by atoms with van der Waals surface area (Å²) >= 11 is 4.27. The van der Waals surface area contributed by atoms with Crippen LogP contribution in [0, 0.1) is 6.92 Å². The highest BCUT2D eigenvalue weighted by Crippen LogP contribution is 2.22. The quantitative estimate of drug-likeness (QED) is 0.537. The summed E-state index contributed by atoms with van der Waals surface area (Å²) in [7, 11) is 0. The van der Waals surface area contributed by atoms with Crippen molar-refractivity contribution in [3.05, 3.63) is 23.3 Å². The standard InChI is InChI=1S/C9H13NS.2C2H6/c1-3-7-4-6(2)9(10)8(11)5-7;2*1-2/h4-5,11H,3,10H2,1-2H3;2*1-2H3. The van der Waals surface area contributed by atoms with Crippen molar-refractivity contribution in [3.63, 3.8) is 0 Å². The second kappa shape index (κ2) is 9.91. The third-order valence-corrected chi connectivity index (χ3v) is 2.20. The molecule has 0 atom stereocenters. The van der Waals surface area contributed by atoms with Crippen molar-refractivity contribution >= 4 is 18.3 Å². The molecule has 0 aromatic heterocycles. The number of hydrogen-bond donors (Lipinski definition) is 2. The summed E-state index contributed by atoms with van der Waals surface area (Å²) in [5, 5.41) is 0. The van der Waals surface area contributed by atoms with Gasteiger partial charge in [-0.3, -0.25) is 0 Å². The fraction of sp³-hybridized carbons (Fsp3) is 0.538. The summed E-state index contributed by atoms with van der Waals surface area (Å²) in [6.45, 7) is 12.1. The summed E-state index contributed by atoms with van der Waals surface area (Å²) in [5.74, 6) is 0. The van der Waals surface area contributed by atoms with Crippen molar-refractivity contribution in [2.24, 2.45) is 0 Å². The molecule has 1 aromatic carbocycles. The Labute approximate surface area is 100 Å². The van der Waals surface area contributed by atoms with E-state index in [1.54, 1.807) is 0 Å². The normalized spacial score (nSPS) is 8.20. The SMILES string of the molecule is CC.CC.CCc1cc(C)c(N)c(S)c1. The molecule has 88 valence electrons. The first-order valence-corrected chi connectivity index (χ1v) is 6.17. The highest BCUT2D eigenvalue weighted by Gasteiger charge is 1.99. The molecule has 0 saturated carbocycles. The van der Waals surface area contributed by atoms with Gasteiger partial charge in [-0.05, 0) is 30.5 Å². The Morgan fingerprint density at radius 1 is 1.13 bits per heavy atom. The average Bonchev–Trinajstić information content (AvgIpc) is 2.30. The van der Waals surface area contributed by atoms with E-state index in [1.165, 1.54) is 5.56 Å². The molecule has 2 heteroatoms. The predicted octanol–water partition coefficient (Wildman–Crippen LogP) is 4.48. The Morgan fingerprint density at radius 3 is 1.93 bits per heavy atom. The van der Waals surface area contributed by atoms with Gasteiger partial charge in [-0.25, -0.2) is 0 Å². The van der Waals surface area contributed by atoms with Crippen molar-refractivity contribution in [3.8, 4) is 0 Å². The zero-order chi connectivity index (χ0) is 12.4. The van der Waals surface area contributed by atoms with Gasteiger partial charge < -0.3 is 5.73 Å². The Kier molecular flexibility index (Phi) is 11.1. The summed E-state index contributed by atoms with van der Waals surface area (Å²) in [4.78, 5) is 0.891. The van der Waals surface area contributed by atoms with Gasteiger partial charge in [0.15, 0.2) is 0 Å². The van der Waals surface area contributed by atoms with Crippen molar-refractivity contribution in [1.29, 1.82) is 0 Å². The van der Waals surface area contributed by atoms with Crippen LogP contribution < -0.4 is 5.73 Å². The molecular formula is C13H25NS. The van der Waals surface area contributed by atoms with Gasteiger partial charge in [-0.2, -0.15) is 0 Å². The number of nitrogens with two attached hydrogens (primary N) is 1. The van der Waals surface area contributed by atoms with Gasteiger partial charge in [0.1, 0.15) is 0 Å². The van der Waals surface area contributed by atoms with E-state index in [4.69, 9.17) is 5.73 Å². The minimum atomic E-state index is 0.797. The lowest BCUT2D eigenvalue weighted by Crippen LogP contribution is -1.93. The molecule has 1 aromatic rings. The molecule has 0 aliphatic heterocycles. The molecule has 1 rings (SSSR count). The van der Waals surface area contributed by atoms with Crippen LogP contribution in [-0.4, -0.2) is 0 Å². The molecule has 0 radical (unpaired) electrons. The maximum absolute atomic E-state index is 5.73. The van der Waals surface area contributed by atoms with E-state index in [1.807, 2.05) is 40.7 Å². The molecule has 0 heterocycles. The summed E-state index contributed by atoms with van der Waals surface area (Å²) in [5.41, 5.74) is 8.94. The van der Waals surface area contributed by atoms with Crippen LogP contribution >= 0.6 is 12.6 Å². The minimum absolute atomic E-state index is 0.797. The molecule has 0 aliphatic carbocycles. The van der Waals surface area contributed by atoms with E-state index in [9.17, 15) is 0 Å². The fourth-order valence-electron chi connectivity index (χ4n) is 1.06. The van der Waals surface area contributed by atoms with Gasteiger partial charge >= 0.3 is 0 Å². The van der Waals surface area contributed by atoms with Gasteiger partial charge in [0.25, 0.3) is 0 Å². The molecule has 0 spiro atoms. The van der Waals surface area contributed by atoms with Crippen LogP contribution in [0.15, 0.2) is 17.0 Å². The number of nitrogen functional groups attached to an aromatic ring is 1. The predicted molar refractivity (Wildman–Crippen MR) is 74.9 cm³/mol. The first kappa shape index (κ1) is 16.8. The minimum Gasteiger partial charge on any atom is -0.398 e. The van der Waals surface area contributed by atoms with Crippen LogP contribution in [0.25, 0.3) is 0 Å². The second-order valence-electron chi connectivity index (χ2n) is 2.70. The highest BCUT2D eigenvalue weighted by molar-refractivity contribution is 7.80. The maximum atomic E-state index is 5.73. The van der Waals surface area contributed by atoms with E-state index in [-0.39, 0.29) is 0 Å². The van der Waals surface area contributed by atoms with Crippen LogP contribution in [0.4, 0.5) is 5.69 Å². The zero-order valence-electron chi connectivity index (χ0n) is 10.9. The zero-order valence-corrected chi connectivity index (χ0v) is 11.8. The van der Waals surface area contributed by atoms with Crippen LogP contribution in [0.1, 0.15) is 45.7 Å². The molecule has 0 unspecified atom stereocenters. The smallest absolute Gasteiger partial charge is 0.0479 e. The highest BCUT2D eigenvalue weighted by atomic mass is 32.1. The van der Waals surface area contributed by atoms with Gasteiger partial charge in [0.05, 0.1) is 0 Å². The lowest BCUT2D eigenvalue weighted by atomic mass is 10.1. The second-order valence-corrected chi connectivity index (χ2v) is 3.18. The van der Waals surface area contributed by atoms with Gasteiger partial charge in [-0.1, -0.05) is 40.7 Å². The van der Waals surface area contributed by atoms with Crippen molar-refractivity contribution in [1.82, 2.24) is 0 Å². The Balaban J connectivity index is 0. The molecule has 0 amide bonds. The van der Waals surface area contributed by atoms with E-state index in [0.29, 0.717) is 0 Å². The Morgan fingerprint density at radius 2 is 1.60 bits per heavy atom. The third kappa shape index (κ3) is 5.73. The molecule has 0 saturated heterocycles. The Bertz CT molecular complexity index is 246. The fourth-order valence-corrected chi connectivity index (χ4v) is 1.40. The number of benzene rings is 1. The summed E-state index contributed by atoms with van der Waals surface area (Å²) in [6, 6.07) is 4.13. The van der Waals surface area contributed by atoms with Gasteiger partial charge in [-0.15, -0.1) is 12.6 Å². The van der Waals surface area contributed by atoms with E-state index < -0.39 is 0 Å². The molecule has 0 aliphatic rings. The molecular weight excluding hydrogens is 202 g/mol. The topological polar surface area (TPSA) is 26.0 Å². The number of rotatable bonds is 1. The van der Waals surface area contributed by atoms with Crippen LogP contribution in [0.3, 0.4) is 0 Å². The molecule has 0 fully saturated rings. The van der Waals surface area contributed by atoms with Crippen LogP contribution in [-0.2, 0) is 6.42 Å². The van der Waals surface area contributed by atoms with E-state index in [0.717, 1.165) is 22.6 Å². The lowest BCUT2D eigenvalue weighted by molar-refractivity contribution is 1.11. The van der Waals surface area contributed by atoms with Gasteiger partial charge in [0.2, 0.25) is 0 Å². The molecule has 1 nitrogen and oxygen atoms in total. The third-order valence-electron chi connectivity index (χ3n) is 1.83. The first-order chi connectivity index (χ1) is 7.15. The number of anilines is 1. The summed E-state index contributed by atoms with van der Waals surface area (Å²) in [6.07, 6.45) is 1.04. The van der Waals surface area contributed by atoms with Crippen molar-refractivity contribution < 1.29 is 0 Å². The molecule has 15 heavy (non-hydrogen) atoms. The monoisotopic (exact) mass is 227 g/mol. The first-order valence-electron chi connectivity index (χ1n) is 5.73. The number of thiol groups is 1. The van der Waals surface area contributed by atoms with Crippen LogP contribution in [0.2, 0.25) is 0 Å². The Hall–Kier alpha value is -0.630. The van der Waals surface area contributed by atoms with Crippen molar-refractivity contribution in [2.75, 3.05) is 5.73 Å². The van der Waals surface area contributed by atoms with Crippen molar-refractivity contribution in [2.45, 2.75) is 52.9 Å². The average molecular weight is 227 g/mol. The largest absolute Gasteiger partial charge is 0.398 e. The maximum Gasteiger partial charge on any atom is 0.0479 e. The van der Waals surface area contributed by atoms with E-state index >= 15 is 0 Å². The van der Waals surface area contributed by atoms with Gasteiger partial charge in [0, 0.05) is 10.6 Å². The van der Waals surface area contributed by atoms with E-state index in [2.05, 4.69) is 25.6 Å². The number of hydrogen-bond acceptors (Lipinski definition) is 2. The molecule has 2 N–H and O–H groups in total. The number of aryl methyl sites for hydroxylation is 2. The molecule has 0 bridgehead atoms. The lowest BCUT2D eigenvalue weighted by Gasteiger charge is -2.05.